The Labute approximate surface area is 88.8 Å². The van der Waals surface area contributed by atoms with Gasteiger partial charge in [-0.3, -0.25) is 0 Å². The Bertz CT molecular complexity index is 261. The van der Waals surface area contributed by atoms with Crippen molar-refractivity contribution in [1.82, 2.24) is 0 Å². The molecule has 0 saturated heterocycles. The SMILES string of the molecule is CC#CCCC1(C)CCCC/C1=C/C. The van der Waals surface area contributed by atoms with Gasteiger partial charge in [0, 0.05) is 6.42 Å². The van der Waals surface area contributed by atoms with Crippen LogP contribution >= 0.6 is 0 Å². The van der Waals surface area contributed by atoms with Crippen molar-refractivity contribution in [2.45, 2.75) is 59.3 Å². The highest BCUT2D eigenvalue weighted by atomic mass is 14.3. The third-order valence-electron chi connectivity index (χ3n) is 3.53. The van der Waals surface area contributed by atoms with Gasteiger partial charge in [-0.15, -0.1) is 11.8 Å². The molecule has 1 fully saturated rings. The molecule has 1 saturated carbocycles. The molecule has 0 N–H and O–H groups in total. The van der Waals surface area contributed by atoms with E-state index in [9.17, 15) is 0 Å². The maximum atomic E-state index is 3.19. The molecule has 14 heavy (non-hydrogen) atoms. The fraction of sp³-hybridized carbons (Fsp3) is 0.714. The van der Waals surface area contributed by atoms with Crippen LogP contribution in [0.25, 0.3) is 0 Å². The van der Waals surface area contributed by atoms with Gasteiger partial charge in [-0.1, -0.05) is 25.0 Å². The van der Waals surface area contributed by atoms with E-state index in [0.717, 1.165) is 6.42 Å². The van der Waals surface area contributed by atoms with E-state index >= 15 is 0 Å². The van der Waals surface area contributed by atoms with Crippen LogP contribution in [0, 0.1) is 17.3 Å². The second-order valence-electron chi connectivity index (χ2n) is 4.51. The summed E-state index contributed by atoms with van der Waals surface area (Å²) in [6, 6.07) is 0. The molecule has 1 aliphatic rings. The largest absolute Gasteiger partial charge is 0.107 e. The summed E-state index contributed by atoms with van der Waals surface area (Å²) < 4.78 is 0. The van der Waals surface area contributed by atoms with Crippen molar-refractivity contribution in [3.63, 3.8) is 0 Å². The van der Waals surface area contributed by atoms with Crippen molar-refractivity contribution in [3.05, 3.63) is 11.6 Å². The second kappa shape index (κ2) is 5.25. The number of rotatable bonds is 2. The van der Waals surface area contributed by atoms with Gasteiger partial charge in [0.05, 0.1) is 0 Å². The highest BCUT2D eigenvalue weighted by Crippen LogP contribution is 2.43. The minimum atomic E-state index is 0.455. The maximum absolute atomic E-state index is 3.19. The van der Waals surface area contributed by atoms with E-state index in [1.165, 1.54) is 32.1 Å². The molecule has 0 aromatic rings. The third kappa shape index (κ3) is 2.64. The van der Waals surface area contributed by atoms with E-state index in [-0.39, 0.29) is 0 Å². The maximum Gasteiger partial charge on any atom is 0.00968 e. The monoisotopic (exact) mass is 190 g/mol. The molecule has 78 valence electrons. The van der Waals surface area contributed by atoms with Crippen LogP contribution in [0.3, 0.4) is 0 Å². The Morgan fingerprint density at radius 3 is 2.86 bits per heavy atom. The molecular weight excluding hydrogens is 168 g/mol. The highest BCUT2D eigenvalue weighted by Gasteiger charge is 2.29. The first-order valence-electron chi connectivity index (χ1n) is 5.78. The summed E-state index contributed by atoms with van der Waals surface area (Å²) in [4.78, 5) is 0. The molecule has 0 bridgehead atoms. The van der Waals surface area contributed by atoms with E-state index in [4.69, 9.17) is 0 Å². The molecule has 0 aliphatic heterocycles. The zero-order chi connectivity index (χ0) is 10.4. The minimum absolute atomic E-state index is 0.455. The van der Waals surface area contributed by atoms with Gasteiger partial charge in [0.2, 0.25) is 0 Å². The van der Waals surface area contributed by atoms with Gasteiger partial charge in [-0.05, 0) is 44.9 Å². The Morgan fingerprint density at radius 2 is 2.21 bits per heavy atom. The fourth-order valence-electron chi connectivity index (χ4n) is 2.53. The summed E-state index contributed by atoms with van der Waals surface area (Å²) in [7, 11) is 0. The predicted molar refractivity (Wildman–Crippen MR) is 63.0 cm³/mol. The summed E-state index contributed by atoms with van der Waals surface area (Å²) in [5.41, 5.74) is 2.12. The van der Waals surface area contributed by atoms with Crippen molar-refractivity contribution in [3.8, 4) is 11.8 Å². The topological polar surface area (TPSA) is 0 Å². The zero-order valence-electron chi connectivity index (χ0n) is 9.82. The van der Waals surface area contributed by atoms with Crippen LogP contribution < -0.4 is 0 Å². The Kier molecular flexibility index (Phi) is 4.26. The Morgan fingerprint density at radius 1 is 1.43 bits per heavy atom. The lowest BCUT2D eigenvalue weighted by atomic mass is 9.69. The fourth-order valence-corrected chi connectivity index (χ4v) is 2.53. The van der Waals surface area contributed by atoms with Crippen LogP contribution in [0.2, 0.25) is 0 Å². The molecule has 0 radical (unpaired) electrons. The molecule has 1 atom stereocenters. The molecule has 1 aliphatic carbocycles. The minimum Gasteiger partial charge on any atom is -0.107 e. The van der Waals surface area contributed by atoms with E-state index in [2.05, 4.69) is 31.8 Å². The summed E-state index contributed by atoms with van der Waals surface area (Å²) in [5.74, 6) is 6.18. The van der Waals surface area contributed by atoms with Crippen LogP contribution in [-0.4, -0.2) is 0 Å². The predicted octanol–water partition coefficient (Wildman–Crippen LogP) is 4.32. The van der Waals surface area contributed by atoms with Crippen molar-refractivity contribution >= 4 is 0 Å². The lowest BCUT2D eigenvalue weighted by Gasteiger charge is -2.36. The van der Waals surface area contributed by atoms with Gasteiger partial charge < -0.3 is 0 Å². The van der Waals surface area contributed by atoms with Crippen LogP contribution in [0.4, 0.5) is 0 Å². The standard InChI is InChI=1S/C14H22/c1-4-6-8-11-14(3)12-9-7-10-13(14)5-2/h5H,7-12H2,1-3H3/b13-5-. The molecular formula is C14H22. The van der Waals surface area contributed by atoms with Crippen LogP contribution in [-0.2, 0) is 0 Å². The lowest BCUT2D eigenvalue weighted by molar-refractivity contribution is 0.284. The van der Waals surface area contributed by atoms with Gasteiger partial charge in [-0.25, -0.2) is 0 Å². The van der Waals surface area contributed by atoms with E-state index in [1.54, 1.807) is 5.57 Å². The number of hydrogen-bond donors (Lipinski definition) is 0. The molecule has 0 heteroatoms. The van der Waals surface area contributed by atoms with Gasteiger partial charge >= 0.3 is 0 Å². The molecule has 0 amide bonds. The number of hydrogen-bond acceptors (Lipinski definition) is 0. The Hall–Kier alpha value is -0.700. The summed E-state index contributed by atoms with van der Waals surface area (Å²) in [5, 5.41) is 0. The van der Waals surface area contributed by atoms with Gasteiger partial charge in [0.1, 0.15) is 0 Å². The van der Waals surface area contributed by atoms with Gasteiger partial charge in [-0.2, -0.15) is 0 Å². The molecule has 0 spiro atoms. The zero-order valence-corrected chi connectivity index (χ0v) is 9.82. The highest BCUT2D eigenvalue weighted by molar-refractivity contribution is 5.15. The molecule has 0 aromatic carbocycles. The molecule has 0 heterocycles. The molecule has 0 aromatic heterocycles. The Balaban J connectivity index is 2.62. The van der Waals surface area contributed by atoms with Gasteiger partial charge in [0.15, 0.2) is 0 Å². The molecule has 0 nitrogen and oxygen atoms in total. The first-order chi connectivity index (χ1) is 6.73. The lowest BCUT2D eigenvalue weighted by Crippen LogP contribution is -2.23. The van der Waals surface area contributed by atoms with Gasteiger partial charge in [0.25, 0.3) is 0 Å². The van der Waals surface area contributed by atoms with Crippen LogP contribution in [0.5, 0.6) is 0 Å². The number of allylic oxidation sites excluding steroid dienone is 2. The van der Waals surface area contributed by atoms with Crippen molar-refractivity contribution in [1.29, 1.82) is 0 Å². The van der Waals surface area contributed by atoms with E-state index in [0.29, 0.717) is 5.41 Å². The van der Waals surface area contributed by atoms with Crippen molar-refractivity contribution < 1.29 is 0 Å². The first kappa shape index (κ1) is 11.4. The summed E-state index contributed by atoms with van der Waals surface area (Å²) in [6.45, 7) is 6.53. The quantitative estimate of drug-likeness (QED) is 0.449. The second-order valence-corrected chi connectivity index (χ2v) is 4.51. The summed E-state index contributed by atoms with van der Waals surface area (Å²) >= 11 is 0. The summed E-state index contributed by atoms with van der Waals surface area (Å²) in [6.07, 6.45) is 10.1. The molecule has 1 rings (SSSR count). The van der Waals surface area contributed by atoms with E-state index in [1.807, 2.05) is 6.92 Å². The normalized spacial score (nSPS) is 29.8. The van der Waals surface area contributed by atoms with Crippen molar-refractivity contribution in [2.75, 3.05) is 0 Å². The third-order valence-corrected chi connectivity index (χ3v) is 3.53. The smallest absolute Gasteiger partial charge is 0.00968 e. The van der Waals surface area contributed by atoms with Crippen molar-refractivity contribution in [2.24, 2.45) is 5.41 Å². The average molecular weight is 190 g/mol. The van der Waals surface area contributed by atoms with Crippen LogP contribution in [0.1, 0.15) is 59.3 Å². The van der Waals surface area contributed by atoms with Crippen LogP contribution in [0.15, 0.2) is 11.6 Å². The van der Waals surface area contributed by atoms with E-state index < -0.39 is 0 Å². The first-order valence-corrected chi connectivity index (χ1v) is 5.78. The molecule has 1 unspecified atom stereocenters. The average Bonchev–Trinajstić information content (AvgIpc) is 2.19.